The number of nitrogens with one attached hydrogen (secondary N) is 2. The molecule has 162 valence electrons. The number of carbonyl (C=O) groups excluding carboxylic acids is 2. The van der Waals surface area contributed by atoms with Gasteiger partial charge in [0.1, 0.15) is 24.7 Å². The van der Waals surface area contributed by atoms with Crippen molar-refractivity contribution in [3.63, 3.8) is 0 Å². The van der Waals surface area contributed by atoms with Crippen molar-refractivity contribution in [1.82, 2.24) is 5.32 Å². The summed E-state index contributed by atoms with van der Waals surface area (Å²) in [6.07, 6.45) is 2.83. The van der Waals surface area contributed by atoms with E-state index >= 15 is 0 Å². The van der Waals surface area contributed by atoms with Crippen LogP contribution in [0.1, 0.15) is 30.5 Å². The summed E-state index contributed by atoms with van der Waals surface area (Å²) < 4.78 is 11.6. The van der Waals surface area contributed by atoms with Crippen LogP contribution in [0, 0.1) is 5.41 Å². The Balaban J connectivity index is 2.34. The molecule has 0 radical (unpaired) electrons. The summed E-state index contributed by atoms with van der Waals surface area (Å²) in [7, 11) is 0. The maximum absolute atomic E-state index is 12.4. The van der Waals surface area contributed by atoms with Crippen molar-refractivity contribution in [1.29, 1.82) is 5.41 Å². The van der Waals surface area contributed by atoms with E-state index in [1.807, 2.05) is 42.5 Å². The van der Waals surface area contributed by atoms with Gasteiger partial charge in [0.05, 0.1) is 6.61 Å². The fraction of sp³-hybridized carbons (Fsp3) is 0.217. The lowest BCUT2D eigenvalue weighted by Gasteiger charge is -2.14. The van der Waals surface area contributed by atoms with Crippen LogP contribution in [0.4, 0.5) is 0 Å². The van der Waals surface area contributed by atoms with Gasteiger partial charge >= 0.3 is 5.97 Å². The highest BCUT2D eigenvalue weighted by atomic mass is 79.9. The normalized spacial score (nSPS) is 11.3. The molecule has 2 aromatic carbocycles. The number of hydrogen-bond donors (Lipinski definition) is 2. The molecule has 0 atom stereocenters. The summed E-state index contributed by atoms with van der Waals surface area (Å²) in [5.74, 6) is -0.560. The Morgan fingerprint density at radius 2 is 1.90 bits per heavy atom. The zero-order valence-electron chi connectivity index (χ0n) is 17.4. The number of halogens is 1. The van der Waals surface area contributed by atoms with Crippen molar-refractivity contribution >= 4 is 45.6 Å². The zero-order chi connectivity index (χ0) is 22.6. The quantitative estimate of drug-likeness (QED) is 0.183. The number of aliphatic imine (C=N–C) groups is 1. The molecule has 7 nitrogen and oxygen atoms in total. The van der Waals surface area contributed by atoms with Crippen LogP contribution in [-0.2, 0) is 25.7 Å². The van der Waals surface area contributed by atoms with E-state index in [-0.39, 0.29) is 25.6 Å². The molecule has 0 aliphatic rings. The molecule has 0 saturated carbocycles. The van der Waals surface area contributed by atoms with Crippen molar-refractivity contribution in [2.45, 2.75) is 20.5 Å². The van der Waals surface area contributed by atoms with Gasteiger partial charge < -0.3 is 14.8 Å². The number of esters is 1. The number of amidine groups is 1. The van der Waals surface area contributed by atoms with E-state index in [9.17, 15) is 9.59 Å². The van der Waals surface area contributed by atoms with Crippen molar-refractivity contribution in [2.75, 3.05) is 13.2 Å². The van der Waals surface area contributed by atoms with Gasteiger partial charge in [-0.15, -0.1) is 0 Å². The molecular weight excluding hydrogens is 462 g/mol. The van der Waals surface area contributed by atoms with E-state index in [1.165, 1.54) is 6.08 Å². The predicted molar refractivity (Wildman–Crippen MR) is 124 cm³/mol. The van der Waals surface area contributed by atoms with Crippen LogP contribution in [0.15, 0.2) is 64.1 Å². The van der Waals surface area contributed by atoms with Gasteiger partial charge in [-0.25, -0.2) is 4.99 Å². The van der Waals surface area contributed by atoms with Crippen LogP contribution >= 0.6 is 15.9 Å². The first-order chi connectivity index (χ1) is 14.9. The first-order valence-corrected chi connectivity index (χ1v) is 10.4. The molecule has 1 amide bonds. The number of benzene rings is 2. The van der Waals surface area contributed by atoms with Crippen LogP contribution in [0.5, 0.6) is 0 Å². The summed E-state index contributed by atoms with van der Waals surface area (Å²) >= 11 is 3.43. The van der Waals surface area contributed by atoms with Gasteiger partial charge in [0, 0.05) is 27.9 Å². The Kier molecular flexibility index (Phi) is 9.64. The van der Waals surface area contributed by atoms with Crippen molar-refractivity contribution < 1.29 is 19.1 Å². The van der Waals surface area contributed by atoms with Gasteiger partial charge in [0.25, 0.3) is 0 Å². The summed E-state index contributed by atoms with van der Waals surface area (Å²) in [6.45, 7) is 3.51. The molecule has 2 aromatic rings. The number of ether oxygens (including phenoxy) is 2. The third kappa shape index (κ3) is 8.55. The second-order valence-corrected chi connectivity index (χ2v) is 7.30. The molecule has 0 aromatic heterocycles. The maximum atomic E-state index is 12.4. The second-order valence-electron chi connectivity index (χ2n) is 6.38. The molecule has 0 aliphatic carbocycles. The highest BCUT2D eigenvalue weighted by molar-refractivity contribution is 9.10. The molecular formula is C23H24BrN3O4. The highest BCUT2D eigenvalue weighted by Crippen LogP contribution is 2.24. The molecule has 0 heterocycles. The minimum Gasteiger partial charge on any atom is -0.488 e. The van der Waals surface area contributed by atoms with Crippen LogP contribution in [0.25, 0.3) is 5.76 Å². The van der Waals surface area contributed by atoms with Gasteiger partial charge in [-0.2, -0.15) is 0 Å². The molecule has 31 heavy (non-hydrogen) atoms. The second kappa shape index (κ2) is 12.4. The lowest BCUT2D eigenvalue weighted by atomic mass is 10.1. The average molecular weight is 486 g/mol. The molecule has 2 rings (SSSR count). The average Bonchev–Trinajstić information content (AvgIpc) is 2.75. The number of nitrogens with zero attached hydrogens (tertiary/aromatic N) is 1. The molecule has 0 fully saturated rings. The third-order valence-electron chi connectivity index (χ3n) is 3.89. The topological polar surface area (TPSA) is 101 Å². The monoisotopic (exact) mass is 485 g/mol. The van der Waals surface area contributed by atoms with Crippen molar-refractivity contribution in [3.05, 3.63) is 75.8 Å². The Morgan fingerprint density at radius 3 is 2.58 bits per heavy atom. The fourth-order valence-electron chi connectivity index (χ4n) is 2.51. The maximum Gasteiger partial charge on any atom is 0.325 e. The van der Waals surface area contributed by atoms with E-state index < -0.39 is 11.9 Å². The van der Waals surface area contributed by atoms with Crippen LogP contribution in [0.2, 0.25) is 0 Å². The number of carbonyl (C=O) groups is 2. The van der Waals surface area contributed by atoms with E-state index in [4.69, 9.17) is 14.9 Å². The van der Waals surface area contributed by atoms with E-state index in [0.717, 1.165) is 10.0 Å². The molecule has 0 spiro atoms. The van der Waals surface area contributed by atoms with Crippen LogP contribution in [0.3, 0.4) is 0 Å². The number of hydrogen-bond acceptors (Lipinski definition) is 5. The smallest absolute Gasteiger partial charge is 0.325 e. The number of rotatable bonds is 9. The minimum atomic E-state index is -0.520. The van der Waals surface area contributed by atoms with Gasteiger partial charge in [-0.3, -0.25) is 15.0 Å². The van der Waals surface area contributed by atoms with E-state index in [0.29, 0.717) is 16.9 Å². The molecule has 2 N–H and O–H groups in total. The summed E-state index contributed by atoms with van der Waals surface area (Å²) in [4.78, 5) is 28.0. The SMILES string of the molecule is CCOC(=O)CNC(=O)C=C(OCc1ccccc1)c1ccc(Br)cc1C=NC(C)=N. The lowest BCUT2D eigenvalue weighted by molar-refractivity contribution is -0.143. The largest absolute Gasteiger partial charge is 0.488 e. The molecule has 8 heteroatoms. The Bertz CT molecular complexity index is 988. The summed E-state index contributed by atoms with van der Waals surface area (Å²) in [5, 5.41) is 10.0. The van der Waals surface area contributed by atoms with Crippen LogP contribution < -0.4 is 5.32 Å². The van der Waals surface area contributed by atoms with Crippen LogP contribution in [-0.4, -0.2) is 37.1 Å². The Morgan fingerprint density at radius 1 is 1.16 bits per heavy atom. The van der Waals surface area contributed by atoms with Gasteiger partial charge in [0.15, 0.2) is 0 Å². The minimum absolute atomic E-state index is 0.147. The molecule has 0 bridgehead atoms. The number of amides is 1. The predicted octanol–water partition coefficient (Wildman–Crippen LogP) is 4.10. The lowest BCUT2D eigenvalue weighted by Crippen LogP contribution is -2.29. The van der Waals surface area contributed by atoms with E-state index in [2.05, 4.69) is 26.2 Å². The standard InChI is InChI=1S/C23H24BrN3O4/c1-3-30-23(29)14-27-22(28)12-21(31-15-17-7-5-4-6-8-17)20-10-9-19(24)11-18(20)13-26-16(2)25/h4-13,25H,3,14-15H2,1-2H3,(H,27,28). The fourth-order valence-corrected chi connectivity index (χ4v) is 2.88. The molecule has 0 unspecified atom stereocenters. The van der Waals surface area contributed by atoms with Crippen molar-refractivity contribution in [3.8, 4) is 0 Å². The Hall–Kier alpha value is -3.26. The van der Waals surface area contributed by atoms with Gasteiger partial charge in [-0.05, 0) is 37.6 Å². The van der Waals surface area contributed by atoms with E-state index in [1.54, 1.807) is 26.1 Å². The van der Waals surface area contributed by atoms with Gasteiger partial charge in [-0.1, -0.05) is 46.3 Å². The van der Waals surface area contributed by atoms with Gasteiger partial charge in [0.2, 0.25) is 5.91 Å². The Labute approximate surface area is 189 Å². The molecule has 0 aliphatic heterocycles. The molecule has 0 saturated heterocycles. The zero-order valence-corrected chi connectivity index (χ0v) is 18.9. The third-order valence-corrected chi connectivity index (χ3v) is 4.38. The first kappa shape index (κ1) is 24.0. The summed E-state index contributed by atoms with van der Waals surface area (Å²) in [5.41, 5.74) is 2.22. The summed E-state index contributed by atoms with van der Waals surface area (Å²) in [6, 6.07) is 15.0. The highest BCUT2D eigenvalue weighted by Gasteiger charge is 2.13. The van der Waals surface area contributed by atoms with Crippen molar-refractivity contribution in [2.24, 2.45) is 4.99 Å². The first-order valence-electron chi connectivity index (χ1n) is 9.60.